The molecule has 74 valence electrons. The molecule has 0 unspecified atom stereocenters. The number of phenolic OH excluding ortho intramolecular Hbond substituents is 1. The molecule has 15 heavy (non-hydrogen) atoms. The average Bonchev–Trinajstić information content (AvgIpc) is 2.55. The fourth-order valence-corrected chi connectivity index (χ4v) is 2.09. The topological polar surface area (TPSA) is 40.5 Å². The van der Waals surface area contributed by atoms with Crippen molar-refractivity contribution in [3.8, 4) is 5.75 Å². The number of aliphatic hydroxyl groups excluding tert-OH is 1. The van der Waals surface area contributed by atoms with Gasteiger partial charge in [-0.25, -0.2) is 0 Å². The average molecular weight is 198 g/mol. The maximum Gasteiger partial charge on any atom is 0.123 e. The fourth-order valence-electron chi connectivity index (χ4n) is 2.09. The molecule has 0 saturated carbocycles. The number of rotatable bonds is 0. The minimum atomic E-state index is 0.287. The quantitative estimate of drug-likeness (QED) is 0.683. The highest BCUT2D eigenvalue weighted by Crippen LogP contribution is 2.32. The summed E-state index contributed by atoms with van der Waals surface area (Å²) in [6.07, 6.45) is 2.35. The summed E-state index contributed by atoms with van der Waals surface area (Å²) in [6, 6.07) is 9.40. The second-order valence-corrected chi connectivity index (χ2v) is 3.86. The van der Waals surface area contributed by atoms with Gasteiger partial charge in [0.2, 0.25) is 0 Å². The van der Waals surface area contributed by atoms with Crippen LogP contribution >= 0.6 is 0 Å². The monoisotopic (exact) mass is 198 g/mol. The van der Waals surface area contributed by atoms with Crippen LogP contribution in [-0.4, -0.2) is 10.2 Å². The fraction of sp³-hybridized carbons (Fsp3) is 0.0769. The van der Waals surface area contributed by atoms with E-state index in [2.05, 4.69) is 0 Å². The summed E-state index contributed by atoms with van der Waals surface area (Å²) in [5, 5.41) is 21.0. The molecule has 2 heteroatoms. The number of phenols is 1. The Morgan fingerprint density at radius 1 is 1.07 bits per heavy atom. The number of allylic oxidation sites excluding steroid dienone is 1. The SMILES string of the molecule is OC1=Cc2cc3c(O)cccc3cc2C1. The van der Waals surface area contributed by atoms with Gasteiger partial charge in [0.25, 0.3) is 0 Å². The van der Waals surface area contributed by atoms with Gasteiger partial charge < -0.3 is 10.2 Å². The van der Waals surface area contributed by atoms with Crippen LogP contribution in [-0.2, 0) is 6.42 Å². The lowest BCUT2D eigenvalue weighted by Crippen LogP contribution is -1.84. The Morgan fingerprint density at radius 2 is 1.93 bits per heavy atom. The van der Waals surface area contributed by atoms with Crippen LogP contribution < -0.4 is 0 Å². The van der Waals surface area contributed by atoms with Crippen LogP contribution in [0.5, 0.6) is 5.75 Å². The first-order chi connectivity index (χ1) is 7.24. The first-order valence-electron chi connectivity index (χ1n) is 4.88. The van der Waals surface area contributed by atoms with Gasteiger partial charge in [-0.05, 0) is 40.8 Å². The smallest absolute Gasteiger partial charge is 0.123 e. The molecule has 1 aliphatic carbocycles. The van der Waals surface area contributed by atoms with Gasteiger partial charge in [0.05, 0.1) is 5.76 Å². The van der Waals surface area contributed by atoms with E-state index < -0.39 is 0 Å². The minimum Gasteiger partial charge on any atom is -0.512 e. The van der Waals surface area contributed by atoms with E-state index in [4.69, 9.17) is 0 Å². The molecule has 2 aromatic carbocycles. The number of aromatic hydroxyl groups is 1. The zero-order chi connectivity index (χ0) is 10.4. The maximum absolute atomic E-state index is 9.69. The van der Waals surface area contributed by atoms with E-state index in [-0.39, 0.29) is 5.75 Å². The second kappa shape index (κ2) is 2.76. The van der Waals surface area contributed by atoms with Crippen molar-refractivity contribution < 1.29 is 10.2 Å². The normalized spacial score (nSPS) is 14.0. The van der Waals surface area contributed by atoms with Crippen LogP contribution in [0.25, 0.3) is 16.8 Å². The standard InChI is InChI=1S/C13H10O2/c14-11-5-9-4-8-2-1-3-13(15)12(8)7-10(9)6-11/h1-4,6-7,14-15H,5H2. The molecule has 0 aromatic heterocycles. The number of hydrogen-bond donors (Lipinski definition) is 2. The lowest BCUT2D eigenvalue weighted by molar-refractivity contribution is 0.408. The highest BCUT2D eigenvalue weighted by Gasteiger charge is 2.13. The van der Waals surface area contributed by atoms with Gasteiger partial charge in [0.1, 0.15) is 5.75 Å². The summed E-state index contributed by atoms with van der Waals surface area (Å²) in [7, 11) is 0. The first-order valence-corrected chi connectivity index (χ1v) is 4.88. The van der Waals surface area contributed by atoms with Crippen molar-refractivity contribution in [2.75, 3.05) is 0 Å². The largest absolute Gasteiger partial charge is 0.512 e. The Balaban J connectivity index is 2.36. The van der Waals surface area contributed by atoms with E-state index in [1.165, 1.54) is 0 Å². The molecule has 2 aromatic rings. The number of hydrogen-bond acceptors (Lipinski definition) is 2. The predicted octanol–water partition coefficient (Wildman–Crippen LogP) is 3.00. The summed E-state index contributed by atoms with van der Waals surface area (Å²) < 4.78 is 0. The highest BCUT2D eigenvalue weighted by atomic mass is 16.3. The van der Waals surface area contributed by atoms with Gasteiger partial charge >= 0.3 is 0 Å². The van der Waals surface area contributed by atoms with Gasteiger partial charge in [-0.3, -0.25) is 0 Å². The summed E-state index contributed by atoms with van der Waals surface area (Å²) >= 11 is 0. The van der Waals surface area contributed by atoms with Gasteiger partial charge in [-0.1, -0.05) is 12.1 Å². The Kier molecular flexibility index (Phi) is 1.54. The van der Waals surface area contributed by atoms with Crippen LogP contribution in [0.4, 0.5) is 0 Å². The molecule has 0 heterocycles. The molecule has 2 nitrogen and oxygen atoms in total. The third kappa shape index (κ3) is 1.18. The molecule has 0 spiro atoms. The van der Waals surface area contributed by atoms with Crippen molar-refractivity contribution in [3.63, 3.8) is 0 Å². The summed E-state index contributed by atoms with van der Waals surface area (Å²) in [5.41, 5.74) is 2.12. The summed E-state index contributed by atoms with van der Waals surface area (Å²) in [5.74, 6) is 0.676. The summed E-state index contributed by atoms with van der Waals surface area (Å²) in [4.78, 5) is 0. The maximum atomic E-state index is 9.69. The molecule has 0 bridgehead atoms. The molecule has 2 N–H and O–H groups in total. The molecule has 0 aliphatic heterocycles. The highest BCUT2D eigenvalue weighted by molar-refractivity contribution is 5.91. The van der Waals surface area contributed by atoms with Gasteiger partial charge in [-0.2, -0.15) is 0 Å². The second-order valence-electron chi connectivity index (χ2n) is 3.86. The van der Waals surface area contributed by atoms with Crippen molar-refractivity contribution in [1.82, 2.24) is 0 Å². The van der Waals surface area contributed by atoms with Gasteiger partial charge in [0, 0.05) is 11.8 Å². The summed E-state index contributed by atoms with van der Waals surface area (Å²) in [6.45, 7) is 0. The predicted molar refractivity (Wildman–Crippen MR) is 59.9 cm³/mol. The van der Waals surface area contributed by atoms with E-state index in [1.54, 1.807) is 12.1 Å². The molecular formula is C13H10O2. The first kappa shape index (κ1) is 8.36. The third-order valence-corrected chi connectivity index (χ3v) is 2.81. The van der Waals surface area contributed by atoms with Gasteiger partial charge in [-0.15, -0.1) is 0 Å². The Bertz CT molecular complexity index is 582. The number of fused-ring (bicyclic) bond motifs is 2. The molecule has 0 amide bonds. The van der Waals surface area contributed by atoms with Crippen LogP contribution in [0.1, 0.15) is 11.1 Å². The van der Waals surface area contributed by atoms with E-state index in [1.807, 2.05) is 24.3 Å². The minimum absolute atomic E-state index is 0.287. The Morgan fingerprint density at radius 3 is 2.80 bits per heavy atom. The number of benzene rings is 2. The number of aliphatic hydroxyl groups is 1. The molecule has 0 atom stereocenters. The van der Waals surface area contributed by atoms with E-state index in [0.717, 1.165) is 21.9 Å². The van der Waals surface area contributed by atoms with E-state index in [0.29, 0.717) is 12.2 Å². The van der Waals surface area contributed by atoms with E-state index >= 15 is 0 Å². The lowest BCUT2D eigenvalue weighted by atomic mass is 10.0. The lowest BCUT2D eigenvalue weighted by Gasteiger charge is -2.04. The molecular weight excluding hydrogens is 188 g/mol. The Hall–Kier alpha value is -1.96. The van der Waals surface area contributed by atoms with Crippen LogP contribution in [0, 0.1) is 0 Å². The van der Waals surface area contributed by atoms with Crippen molar-refractivity contribution in [2.24, 2.45) is 0 Å². The zero-order valence-electron chi connectivity index (χ0n) is 8.07. The van der Waals surface area contributed by atoms with E-state index in [9.17, 15) is 10.2 Å². The molecule has 0 fully saturated rings. The van der Waals surface area contributed by atoms with Crippen LogP contribution in [0.3, 0.4) is 0 Å². The van der Waals surface area contributed by atoms with Crippen molar-refractivity contribution in [2.45, 2.75) is 6.42 Å². The van der Waals surface area contributed by atoms with Crippen LogP contribution in [0.15, 0.2) is 36.1 Å². The van der Waals surface area contributed by atoms with Crippen molar-refractivity contribution in [3.05, 3.63) is 47.2 Å². The zero-order valence-corrected chi connectivity index (χ0v) is 8.07. The van der Waals surface area contributed by atoms with Crippen molar-refractivity contribution >= 4 is 16.8 Å². The molecule has 1 aliphatic rings. The molecule has 0 saturated heterocycles. The molecule has 3 rings (SSSR count). The Labute approximate surface area is 87.1 Å². The van der Waals surface area contributed by atoms with Crippen LogP contribution in [0.2, 0.25) is 0 Å². The van der Waals surface area contributed by atoms with Gasteiger partial charge in [0.15, 0.2) is 0 Å². The molecule has 0 radical (unpaired) electrons. The van der Waals surface area contributed by atoms with Crippen molar-refractivity contribution in [1.29, 1.82) is 0 Å². The third-order valence-electron chi connectivity index (χ3n) is 2.81.